The number of rotatable bonds is 4. The van der Waals surface area contributed by atoms with Crippen molar-refractivity contribution in [1.29, 1.82) is 0 Å². The summed E-state index contributed by atoms with van der Waals surface area (Å²) in [6.45, 7) is 2.02. The zero-order valence-corrected chi connectivity index (χ0v) is 19.4. The van der Waals surface area contributed by atoms with Crippen LogP contribution in [0.4, 0.5) is 4.39 Å². The van der Waals surface area contributed by atoms with Crippen LogP contribution in [-0.2, 0) is 26.6 Å². The summed E-state index contributed by atoms with van der Waals surface area (Å²) in [4.78, 5) is 24.2. The monoisotopic (exact) mass is 479 g/mol. The summed E-state index contributed by atoms with van der Waals surface area (Å²) in [5.41, 5.74) is 3.43. The minimum absolute atomic E-state index is 0.108. The second-order valence-electron chi connectivity index (χ2n) is 8.94. The van der Waals surface area contributed by atoms with Gasteiger partial charge in [-0.25, -0.2) is 9.37 Å². The molecule has 1 fully saturated rings. The van der Waals surface area contributed by atoms with Crippen LogP contribution in [0, 0.1) is 5.82 Å². The SMILES string of the molecule is Cn1c2c(c3ccc(-n4ccc(OCc5ncc(Cl)cc5F)cc4=O)nc31)CN1CCCC1C2. The molecule has 7 nitrogen and oxygen atoms in total. The number of aromatic nitrogens is 4. The lowest BCUT2D eigenvalue weighted by Crippen LogP contribution is -2.35. The molecule has 34 heavy (non-hydrogen) atoms. The van der Waals surface area contributed by atoms with Crippen LogP contribution in [0.1, 0.15) is 29.8 Å². The molecule has 1 unspecified atom stereocenters. The first-order chi connectivity index (χ1) is 16.5. The topological polar surface area (TPSA) is 65.2 Å². The highest BCUT2D eigenvalue weighted by Crippen LogP contribution is 2.35. The largest absolute Gasteiger partial charge is 0.487 e. The van der Waals surface area contributed by atoms with E-state index in [2.05, 4.69) is 27.6 Å². The Bertz CT molecular complexity index is 1480. The normalized spacial score (nSPS) is 17.7. The van der Waals surface area contributed by atoms with Crippen LogP contribution in [0.25, 0.3) is 16.9 Å². The van der Waals surface area contributed by atoms with Gasteiger partial charge in [0.15, 0.2) is 0 Å². The lowest BCUT2D eigenvalue weighted by Gasteiger charge is -2.30. The summed E-state index contributed by atoms with van der Waals surface area (Å²) in [7, 11) is 2.06. The molecule has 0 radical (unpaired) electrons. The van der Waals surface area contributed by atoms with Gasteiger partial charge in [0.1, 0.15) is 35.3 Å². The minimum atomic E-state index is -0.552. The van der Waals surface area contributed by atoms with Crippen LogP contribution in [-0.4, -0.2) is 36.6 Å². The lowest BCUT2D eigenvalue weighted by atomic mass is 9.99. The van der Waals surface area contributed by atoms with E-state index in [4.69, 9.17) is 21.3 Å². The van der Waals surface area contributed by atoms with Gasteiger partial charge in [-0.1, -0.05) is 11.6 Å². The molecule has 0 N–H and O–H groups in total. The summed E-state index contributed by atoms with van der Waals surface area (Å²) in [6.07, 6.45) is 6.55. The Hall–Kier alpha value is -3.23. The van der Waals surface area contributed by atoms with Gasteiger partial charge in [0.2, 0.25) is 0 Å². The summed E-state index contributed by atoms with van der Waals surface area (Å²) in [6, 6.07) is 8.78. The molecule has 0 amide bonds. The standard InChI is InChI=1S/C25H23ClFN5O2/c1-30-22-10-16-3-2-7-31(16)13-19(22)18-4-5-23(29-25(18)30)32-8-6-17(11-24(32)33)34-14-21-20(27)9-15(26)12-28-21/h4-6,8-9,11-12,16H,2-3,7,10,13-14H2,1H3. The first-order valence-corrected chi connectivity index (χ1v) is 11.7. The van der Waals surface area contributed by atoms with Crippen molar-refractivity contribution in [3.05, 3.63) is 80.9 Å². The van der Waals surface area contributed by atoms with Crippen molar-refractivity contribution in [2.45, 2.75) is 38.5 Å². The van der Waals surface area contributed by atoms with Gasteiger partial charge in [0.05, 0.1) is 5.02 Å². The van der Waals surface area contributed by atoms with Gasteiger partial charge in [-0.3, -0.25) is 19.2 Å². The maximum atomic E-state index is 13.9. The summed E-state index contributed by atoms with van der Waals surface area (Å²) in [5.74, 6) is 0.324. The Morgan fingerprint density at radius 2 is 2.15 bits per heavy atom. The van der Waals surface area contributed by atoms with E-state index in [9.17, 15) is 9.18 Å². The van der Waals surface area contributed by atoms with E-state index in [-0.39, 0.29) is 22.9 Å². The molecule has 0 aliphatic carbocycles. The van der Waals surface area contributed by atoms with Crippen molar-refractivity contribution in [2.75, 3.05) is 6.54 Å². The van der Waals surface area contributed by atoms with Crippen LogP contribution >= 0.6 is 11.6 Å². The fourth-order valence-electron chi connectivity index (χ4n) is 5.19. The molecule has 6 rings (SSSR count). The molecule has 6 heterocycles. The van der Waals surface area contributed by atoms with Gasteiger partial charge in [-0.2, -0.15) is 0 Å². The molecule has 2 aliphatic rings. The average molecular weight is 480 g/mol. The van der Waals surface area contributed by atoms with E-state index in [1.807, 2.05) is 6.07 Å². The first kappa shape index (κ1) is 21.3. The van der Waals surface area contributed by atoms with Crippen LogP contribution < -0.4 is 10.3 Å². The number of halogens is 2. The van der Waals surface area contributed by atoms with Crippen LogP contribution in [0.3, 0.4) is 0 Å². The van der Waals surface area contributed by atoms with E-state index in [1.165, 1.54) is 47.0 Å². The molecule has 0 saturated carbocycles. The Labute approximate surface area is 200 Å². The number of fused-ring (bicyclic) bond motifs is 4. The third-order valence-electron chi connectivity index (χ3n) is 6.94. The zero-order chi connectivity index (χ0) is 23.4. The highest BCUT2D eigenvalue weighted by molar-refractivity contribution is 6.30. The third kappa shape index (κ3) is 3.58. The van der Waals surface area contributed by atoms with Gasteiger partial charge in [0.25, 0.3) is 5.56 Å². The average Bonchev–Trinajstić information content (AvgIpc) is 3.39. The van der Waals surface area contributed by atoms with E-state index in [0.717, 1.165) is 30.5 Å². The maximum Gasteiger partial charge on any atom is 0.259 e. The molecular formula is C25H23ClFN5O2. The molecule has 2 aliphatic heterocycles. The molecule has 1 atom stereocenters. The molecule has 1 saturated heterocycles. The van der Waals surface area contributed by atoms with Crippen molar-refractivity contribution >= 4 is 22.6 Å². The Balaban J connectivity index is 1.28. The fourth-order valence-corrected chi connectivity index (χ4v) is 5.33. The maximum absolute atomic E-state index is 13.9. The van der Waals surface area contributed by atoms with Gasteiger partial charge in [-0.15, -0.1) is 0 Å². The van der Waals surface area contributed by atoms with Gasteiger partial charge >= 0.3 is 0 Å². The Morgan fingerprint density at radius 1 is 1.26 bits per heavy atom. The third-order valence-corrected chi connectivity index (χ3v) is 7.15. The van der Waals surface area contributed by atoms with Crippen LogP contribution in [0.5, 0.6) is 5.75 Å². The number of hydrogen-bond donors (Lipinski definition) is 0. The predicted octanol–water partition coefficient (Wildman–Crippen LogP) is 4.01. The van der Waals surface area contributed by atoms with Crippen LogP contribution in [0.2, 0.25) is 5.02 Å². The minimum Gasteiger partial charge on any atom is -0.487 e. The van der Waals surface area contributed by atoms with Crippen molar-refractivity contribution in [3.63, 3.8) is 0 Å². The zero-order valence-electron chi connectivity index (χ0n) is 18.7. The van der Waals surface area contributed by atoms with Crippen molar-refractivity contribution in [2.24, 2.45) is 7.05 Å². The van der Waals surface area contributed by atoms with E-state index in [1.54, 1.807) is 12.3 Å². The van der Waals surface area contributed by atoms with E-state index < -0.39 is 5.82 Å². The highest BCUT2D eigenvalue weighted by Gasteiger charge is 2.33. The molecule has 4 aromatic rings. The van der Waals surface area contributed by atoms with Gasteiger partial charge in [0, 0.05) is 55.6 Å². The summed E-state index contributed by atoms with van der Waals surface area (Å²) in [5, 5.41) is 1.37. The first-order valence-electron chi connectivity index (χ1n) is 11.3. The quantitative estimate of drug-likeness (QED) is 0.442. The van der Waals surface area contributed by atoms with Crippen molar-refractivity contribution in [3.8, 4) is 11.6 Å². The molecular weight excluding hydrogens is 457 g/mol. The number of pyridine rings is 3. The van der Waals surface area contributed by atoms with Crippen molar-refractivity contribution in [1.82, 2.24) is 24.0 Å². The number of aryl methyl sites for hydroxylation is 1. The van der Waals surface area contributed by atoms with E-state index in [0.29, 0.717) is 17.6 Å². The summed E-state index contributed by atoms with van der Waals surface area (Å²) >= 11 is 5.73. The predicted molar refractivity (Wildman–Crippen MR) is 127 cm³/mol. The molecule has 9 heteroatoms. The van der Waals surface area contributed by atoms with Crippen molar-refractivity contribution < 1.29 is 9.13 Å². The Kier molecular flexibility index (Phi) is 5.15. The van der Waals surface area contributed by atoms with E-state index >= 15 is 0 Å². The molecule has 174 valence electrons. The molecule has 0 aromatic carbocycles. The van der Waals surface area contributed by atoms with Gasteiger partial charge < -0.3 is 9.30 Å². The number of ether oxygens (including phenoxy) is 1. The smallest absolute Gasteiger partial charge is 0.259 e. The number of nitrogens with zero attached hydrogens (tertiary/aromatic N) is 5. The lowest BCUT2D eigenvalue weighted by molar-refractivity contribution is 0.225. The molecule has 0 spiro atoms. The molecule has 4 aromatic heterocycles. The second kappa shape index (κ2) is 8.21. The van der Waals surface area contributed by atoms with Crippen LogP contribution in [0.15, 0.2) is 47.5 Å². The highest BCUT2D eigenvalue weighted by atomic mass is 35.5. The number of hydrogen-bond acceptors (Lipinski definition) is 5. The van der Waals surface area contributed by atoms with Gasteiger partial charge in [-0.05, 0) is 49.2 Å². The molecule has 0 bridgehead atoms. The summed E-state index contributed by atoms with van der Waals surface area (Å²) < 4.78 is 23.2. The Morgan fingerprint density at radius 3 is 2.97 bits per heavy atom. The second-order valence-corrected chi connectivity index (χ2v) is 9.37. The fraction of sp³-hybridized carbons (Fsp3) is 0.320.